The van der Waals surface area contributed by atoms with Crippen LogP contribution in [0.25, 0.3) is 22.3 Å². The Hall–Kier alpha value is -3.37. The molecule has 3 aromatic rings. The third kappa shape index (κ3) is 4.69. The molecular formula is C29H36N6O4. The van der Waals surface area contributed by atoms with Gasteiger partial charge < -0.3 is 29.0 Å². The fourth-order valence-electron chi connectivity index (χ4n) is 5.98. The van der Waals surface area contributed by atoms with E-state index in [1.54, 1.807) is 7.11 Å². The van der Waals surface area contributed by atoms with E-state index in [9.17, 15) is 4.79 Å². The molecule has 2 aromatic heterocycles. The molecule has 39 heavy (non-hydrogen) atoms. The van der Waals surface area contributed by atoms with E-state index in [4.69, 9.17) is 24.2 Å². The van der Waals surface area contributed by atoms with E-state index in [0.29, 0.717) is 30.9 Å². The maximum atomic E-state index is 11.8. The van der Waals surface area contributed by atoms with E-state index in [2.05, 4.69) is 37.9 Å². The quantitative estimate of drug-likeness (QED) is 0.474. The van der Waals surface area contributed by atoms with Gasteiger partial charge in [-0.1, -0.05) is 6.07 Å². The highest BCUT2D eigenvalue weighted by Crippen LogP contribution is 2.41. The number of aromatic nitrogens is 3. The van der Waals surface area contributed by atoms with E-state index >= 15 is 0 Å². The molecule has 10 nitrogen and oxygen atoms in total. The number of ether oxygens (including phenoxy) is 3. The van der Waals surface area contributed by atoms with Gasteiger partial charge in [0, 0.05) is 56.7 Å². The summed E-state index contributed by atoms with van der Waals surface area (Å²) in [6.45, 7) is 8.35. The minimum Gasteiger partial charge on any atom is -0.495 e. The largest absolute Gasteiger partial charge is 0.495 e. The Morgan fingerprint density at radius 3 is 2.59 bits per heavy atom. The molecular weight excluding hydrogens is 496 g/mol. The Kier molecular flexibility index (Phi) is 6.31. The summed E-state index contributed by atoms with van der Waals surface area (Å²) >= 11 is 0. The molecule has 0 unspecified atom stereocenters. The van der Waals surface area contributed by atoms with E-state index in [1.807, 2.05) is 19.3 Å². The Labute approximate surface area is 228 Å². The third-order valence-electron chi connectivity index (χ3n) is 8.70. The van der Waals surface area contributed by atoms with Crippen molar-refractivity contribution < 1.29 is 19.0 Å². The number of benzene rings is 1. The fourth-order valence-corrected chi connectivity index (χ4v) is 5.98. The fraction of sp³-hybridized carbons (Fsp3) is 0.552. The summed E-state index contributed by atoms with van der Waals surface area (Å²) in [5, 5.41) is 2.92. The van der Waals surface area contributed by atoms with Crippen LogP contribution in [-0.4, -0.2) is 90.5 Å². The molecule has 10 heteroatoms. The Morgan fingerprint density at radius 2 is 1.92 bits per heavy atom. The van der Waals surface area contributed by atoms with Crippen LogP contribution in [0.1, 0.15) is 32.2 Å². The van der Waals surface area contributed by atoms with Crippen LogP contribution >= 0.6 is 0 Å². The molecule has 2 atom stereocenters. The molecule has 0 spiro atoms. The topological polar surface area (TPSA) is 94.0 Å². The minimum atomic E-state index is -0.153. The monoisotopic (exact) mass is 532 g/mol. The summed E-state index contributed by atoms with van der Waals surface area (Å²) in [6.07, 6.45) is 4.52. The lowest BCUT2D eigenvalue weighted by molar-refractivity contribution is -0.119. The van der Waals surface area contributed by atoms with Crippen molar-refractivity contribution in [2.24, 2.45) is 5.92 Å². The number of fused-ring (bicyclic) bond motifs is 1. The van der Waals surface area contributed by atoms with Gasteiger partial charge in [0.25, 0.3) is 0 Å². The molecule has 1 saturated carbocycles. The zero-order chi connectivity index (χ0) is 26.5. The molecule has 1 N–H and O–H groups in total. The van der Waals surface area contributed by atoms with Crippen LogP contribution in [0, 0.1) is 5.92 Å². The summed E-state index contributed by atoms with van der Waals surface area (Å²) < 4.78 is 20.0. The van der Waals surface area contributed by atoms with Gasteiger partial charge in [-0.05, 0) is 38.0 Å². The molecule has 0 radical (unpaired) electrons. The maximum absolute atomic E-state index is 11.8. The summed E-state index contributed by atoms with van der Waals surface area (Å²) in [5.74, 6) is 1.62. The molecule has 3 aliphatic heterocycles. The van der Waals surface area contributed by atoms with Gasteiger partial charge in [0.1, 0.15) is 17.4 Å². The number of piperazine rings is 1. The lowest BCUT2D eigenvalue weighted by Gasteiger charge is -2.43. The average Bonchev–Trinajstić information content (AvgIpc) is 3.52. The first-order valence-corrected chi connectivity index (χ1v) is 14.1. The third-order valence-corrected chi connectivity index (χ3v) is 8.70. The SMILES string of the molecule is COc1cc(-c2cc3ncn(C4CC4)c3c(O[C@H](C)[C@H]3CNC(=O)C3)n2)ccc1N1CCN(C2COC2)CC1. The number of methoxy groups -OCH3 is 1. The maximum Gasteiger partial charge on any atom is 0.241 e. The number of amides is 1. The van der Waals surface area contributed by atoms with Gasteiger partial charge in [-0.25, -0.2) is 9.97 Å². The van der Waals surface area contributed by atoms with Crippen molar-refractivity contribution in [2.75, 3.05) is 57.9 Å². The molecule has 3 saturated heterocycles. The zero-order valence-corrected chi connectivity index (χ0v) is 22.6. The van der Waals surface area contributed by atoms with Gasteiger partial charge in [0.2, 0.25) is 11.8 Å². The van der Waals surface area contributed by atoms with Crippen LogP contribution in [0.4, 0.5) is 5.69 Å². The Bertz CT molecular complexity index is 1380. The standard InChI is InChI=1S/C29H36N6O4/c1-18(20-12-27(36)30-14-20)39-29-28-24(31-17-35(28)21-4-5-21)13-23(32-29)19-3-6-25(26(11-19)37-2)34-9-7-33(8-10-34)22-15-38-16-22/h3,6,11,13,17-18,20-22H,4-5,7-10,12,14-16H2,1-2H3,(H,30,36)/t18-,20-/m1/s1. The number of pyridine rings is 1. The summed E-state index contributed by atoms with van der Waals surface area (Å²) in [4.78, 5) is 26.5. The van der Waals surface area contributed by atoms with E-state index in [-0.39, 0.29) is 17.9 Å². The Morgan fingerprint density at radius 1 is 1.10 bits per heavy atom. The van der Waals surface area contributed by atoms with Crippen molar-refractivity contribution in [1.82, 2.24) is 24.8 Å². The summed E-state index contributed by atoms with van der Waals surface area (Å²) in [7, 11) is 1.73. The molecule has 4 fully saturated rings. The van der Waals surface area contributed by atoms with E-state index < -0.39 is 0 Å². The van der Waals surface area contributed by atoms with Gasteiger partial charge in [0.15, 0.2) is 0 Å². The first kappa shape index (κ1) is 24.7. The summed E-state index contributed by atoms with van der Waals surface area (Å²) in [5.41, 5.74) is 4.66. The number of hydrogen-bond donors (Lipinski definition) is 1. The predicted octanol–water partition coefficient (Wildman–Crippen LogP) is 2.87. The molecule has 0 bridgehead atoms. The van der Waals surface area contributed by atoms with Crippen molar-refractivity contribution in [2.45, 2.75) is 44.4 Å². The highest BCUT2D eigenvalue weighted by Gasteiger charge is 2.32. The highest BCUT2D eigenvalue weighted by atomic mass is 16.5. The van der Waals surface area contributed by atoms with Crippen molar-refractivity contribution >= 4 is 22.6 Å². The van der Waals surface area contributed by atoms with Crippen LogP contribution in [0.5, 0.6) is 11.6 Å². The number of hydrogen-bond acceptors (Lipinski definition) is 8. The predicted molar refractivity (Wildman–Crippen MR) is 147 cm³/mol. The average molecular weight is 533 g/mol. The number of nitrogens with one attached hydrogen (secondary N) is 1. The second kappa shape index (κ2) is 9.98. The van der Waals surface area contributed by atoms with Crippen LogP contribution in [0.15, 0.2) is 30.6 Å². The van der Waals surface area contributed by atoms with Crippen LogP contribution in [0.2, 0.25) is 0 Å². The van der Waals surface area contributed by atoms with E-state index in [1.165, 1.54) is 0 Å². The number of anilines is 1. The van der Waals surface area contributed by atoms with Crippen molar-refractivity contribution in [3.63, 3.8) is 0 Å². The molecule has 4 aliphatic rings. The van der Waals surface area contributed by atoms with Crippen LogP contribution in [-0.2, 0) is 9.53 Å². The lowest BCUT2D eigenvalue weighted by atomic mass is 10.0. The molecule has 1 aliphatic carbocycles. The molecule has 7 rings (SSSR count). The lowest BCUT2D eigenvalue weighted by Crippen LogP contribution is -2.56. The second-order valence-corrected chi connectivity index (χ2v) is 11.3. The van der Waals surface area contributed by atoms with Gasteiger partial charge >= 0.3 is 0 Å². The number of nitrogens with zero attached hydrogens (tertiary/aromatic N) is 5. The van der Waals surface area contributed by atoms with Gasteiger partial charge in [-0.3, -0.25) is 9.69 Å². The number of imidazole rings is 1. The number of rotatable bonds is 8. The second-order valence-electron chi connectivity index (χ2n) is 11.3. The summed E-state index contributed by atoms with van der Waals surface area (Å²) in [6, 6.07) is 9.39. The zero-order valence-electron chi connectivity index (χ0n) is 22.6. The van der Waals surface area contributed by atoms with Crippen LogP contribution < -0.4 is 19.7 Å². The van der Waals surface area contributed by atoms with Crippen molar-refractivity contribution in [3.8, 4) is 22.9 Å². The Balaban J connectivity index is 1.18. The normalized spacial score (nSPS) is 23.1. The molecule has 206 valence electrons. The first-order valence-electron chi connectivity index (χ1n) is 14.1. The van der Waals surface area contributed by atoms with E-state index in [0.717, 1.165) is 86.0 Å². The molecule has 1 amide bonds. The van der Waals surface area contributed by atoms with Gasteiger partial charge in [-0.2, -0.15) is 0 Å². The minimum absolute atomic E-state index is 0.0796. The number of carbonyl (C=O) groups is 1. The van der Waals surface area contributed by atoms with Crippen LogP contribution in [0.3, 0.4) is 0 Å². The van der Waals surface area contributed by atoms with Gasteiger partial charge in [-0.15, -0.1) is 0 Å². The molecule has 5 heterocycles. The van der Waals surface area contributed by atoms with Gasteiger partial charge in [0.05, 0.1) is 49.6 Å². The van der Waals surface area contributed by atoms with Crippen molar-refractivity contribution in [3.05, 3.63) is 30.6 Å². The molecule has 1 aromatic carbocycles. The smallest absolute Gasteiger partial charge is 0.241 e. The number of carbonyl (C=O) groups excluding carboxylic acids is 1. The van der Waals surface area contributed by atoms with Crippen molar-refractivity contribution in [1.29, 1.82) is 0 Å². The first-order chi connectivity index (χ1) is 19.1. The highest BCUT2D eigenvalue weighted by molar-refractivity contribution is 5.85.